The van der Waals surface area contributed by atoms with E-state index in [0.717, 1.165) is 25.0 Å². The van der Waals surface area contributed by atoms with E-state index in [-0.39, 0.29) is 11.6 Å². The average molecular weight is 394 g/mol. The second-order valence-electron chi connectivity index (χ2n) is 6.73. The number of hydrogen-bond acceptors (Lipinski definition) is 3. The molecule has 0 bridgehead atoms. The van der Waals surface area contributed by atoms with Crippen molar-refractivity contribution in [2.75, 3.05) is 17.8 Å². The maximum atomic E-state index is 13.7. The molecule has 144 valence electrons. The van der Waals surface area contributed by atoms with Crippen LogP contribution in [0.1, 0.15) is 30.1 Å². The molecule has 1 saturated heterocycles. The zero-order valence-corrected chi connectivity index (χ0v) is 15.6. The van der Waals surface area contributed by atoms with Crippen molar-refractivity contribution in [3.8, 4) is 0 Å². The number of nitrogens with one attached hydrogen (secondary N) is 1. The first-order valence-electron chi connectivity index (χ1n) is 8.63. The molecule has 8 heteroatoms. The summed E-state index contributed by atoms with van der Waals surface area (Å²) in [7, 11) is -4.29. The third-order valence-corrected chi connectivity index (χ3v) is 6.03. The van der Waals surface area contributed by atoms with Gasteiger partial charge in [0.2, 0.25) is 0 Å². The molecule has 1 amide bonds. The van der Waals surface area contributed by atoms with Crippen LogP contribution >= 0.6 is 0 Å². The molecule has 0 saturated carbocycles. The molecule has 0 aromatic heterocycles. The van der Waals surface area contributed by atoms with E-state index in [1.807, 2.05) is 0 Å². The monoisotopic (exact) mass is 394 g/mol. The fourth-order valence-corrected chi connectivity index (χ4v) is 4.12. The normalized spacial score (nSPS) is 15.6. The second-order valence-corrected chi connectivity index (χ2v) is 8.38. The first kappa shape index (κ1) is 19.3. The fourth-order valence-electron chi connectivity index (χ4n) is 2.97. The summed E-state index contributed by atoms with van der Waals surface area (Å²) in [5.41, 5.74) is 0.604. The van der Waals surface area contributed by atoms with Gasteiger partial charge in [0.25, 0.3) is 15.9 Å². The smallest absolute Gasteiger partial charge is 0.264 e. The van der Waals surface area contributed by atoms with Crippen molar-refractivity contribution in [1.29, 1.82) is 0 Å². The number of halogens is 2. The largest absolute Gasteiger partial charge is 0.339 e. The molecule has 0 spiro atoms. The molecular formula is C19H20F2N2O3S. The summed E-state index contributed by atoms with van der Waals surface area (Å²) in [5.74, 6) is -1.40. The maximum absolute atomic E-state index is 13.7. The van der Waals surface area contributed by atoms with E-state index in [4.69, 9.17) is 0 Å². The quantitative estimate of drug-likeness (QED) is 0.861. The first-order valence-corrected chi connectivity index (χ1v) is 10.1. The van der Waals surface area contributed by atoms with Crippen molar-refractivity contribution >= 4 is 21.6 Å². The maximum Gasteiger partial charge on any atom is 0.264 e. The second kappa shape index (κ2) is 7.64. The Kier molecular flexibility index (Phi) is 5.46. The Morgan fingerprint density at radius 1 is 1.07 bits per heavy atom. The number of carbonyl (C=O) groups is 1. The number of rotatable bonds is 4. The Labute approximate surface area is 157 Å². The number of piperidine rings is 1. The van der Waals surface area contributed by atoms with Crippen LogP contribution in [-0.4, -0.2) is 32.3 Å². The van der Waals surface area contributed by atoms with Gasteiger partial charge in [-0.15, -0.1) is 0 Å². The van der Waals surface area contributed by atoms with Crippen LogP contribution in [0.15, 0.2) is 47.4 Å². The molecule has 0 unspecified atom stereocenters. The number of benzene rings is 2. The zero-order valence-electron chi connectivity index (χ0n) is 14.8. The molecule has 0 aliphatic carbocycles. The minimum absolute atomic E-state index is 0.104. The third kappa shape index (κ3) is 4.44. The van der Waals surface area contributed by atoms with E-state index in [1.165, 1.54) is 24.3 Å². The van der Waals surface area contributed by atoms with E-state index in [0.29, 0.717) is 30.6 Å². The van der Waals surface area contributed by atoms with Gasteiger partial charge in [0, 0.05) is 24.3 Å². The van der Waals surface area contributed by atoms with Crippen molar-refractivity contribution in [1.82, 2.24) is 4.90 Å². The van der Waals surface area contributed by atoms with Crippen LogP contribution < -0.4 is 4.72 Å². The molecule has 1 fully saturated rings. The van der Waals surface area contributed by atoms with Gasteiger partial charge < -0.3 is 4.90 Å². The lowest BCUT2D eigenvalue weighted by molar-refractivity contribution is 0.0697. The minimum atomic E-state index is -4.29. The summed E-state index contributed by atoms with van der Waals surface area (Å²) in [6.45, 7) is 3.56. The van der Waals surface area contributed by atoms with Gasteiger partial charge in [-0.3, -0.25) is 9.52 Å². The highest BCUT2D eigenvalue weighted by molar-refractivity contribution is 7.92. The molecule has 0 radical (unpaired) electrons. The third-order valence-electron chi connectivity index (χ3n) is 4.64. The predicted octanol–water partition coefficient (Wildman–Crippen LogP) is 3.64. The summed E-state index contributed by atoms with van der Waals surface area (Å²) >= 11 is 0. The molecule has 1 heterocycles. The molecule has 3 rings (SSSR count). The minimum Gasteiger partial charge on any atom is -0.339 e. The number of sulfonamides is 1. The van der Waals surface area contributed by atoms with Crippen LogP contribution in [0.25, 0.3) is 0 Å². The molecule has 1 N–H and O–H groups in total. The van der Waals surface area contributed by atoms with Gasteiger partial charge in [0.1, 0.15) is 16.5 Å². The average Bonchev–Trinajstić information content (AvgIpc) is 2.64. The number of anilines is 1. The van der Waals surface area contributed by atoms with Gasteiger partial charge in [0.05, 0.1) is 0 Å². The summed E-state index contributed by atoms with van der Waals surface area (Å²) < 4.78 is 53.7. The predicted molar refractivity (Wildman–Crippen MR) is 97.9 cm³/mol. The molecule has 1 aliphatic heterocycles. The molecule has 0 atom stereocenters. The Balaban J connectivity index is 1.74. The van der Waals surface area contributed by atoms with Crippen molar-refractivity contribution in [3.05, 3.63) is 59.7 Å². The van der Waals surface area contributed by atoms with Gasteiger partial charge in [-0.25, -0.2) is 17.2 Å². The highest BCUT2D eigenvalue weighted by atomic mass is 32.2. The van der Waals surface area contributed by atoms with Crippen molar-refractivity contribution in [3.63, 3.8) is 0 Å². The lowest BCUT2D eigenvalue weighted by Gasteiger charge is -2.30. The molecule has 27 heavy (non-hydrogen) atoms. The summed E-state index contributed by atoms with van der Waals surface area (Å²) in [4.78, 5) is 13.5. The van der Waals surface area contributed by atoms with Crippen LogP contribution in [-0.2, 0) is 10.0 Å². The van der Waals surface area contributed by atoms with Crippen LogP contribution in [0.3, 0.4) is 0 Å². The van der Waals surface area contributed by atoms with Crippen LogP contribution in [0.5, 0.6) is 0 Å². The Morgan fingerprint density at radius 2 is 1.70 bits per heavy atom. The number of amides is 1. The fraction of sp³-hybridized carbons (Fsp3) is 0.316. The molecule has 1 aliphatic rings. The lowest BCUT2D eigenvalue weighted by Crippen LogP contribution is -2.37. The number of likely N-dealkylation sites (tertiary alicyclic amines) is 1. The summed E-state index contributed by atoms with van der Waals surface area (Å²) in [6, 6.07) is 8.09. The molecular weight excluding hydrogens is 374 g/mol. The van der Waals surface area contributed by atoms with Crippen LogP contribution in [0.2, 0.25) is 0 Å². The van der Waals surface area contributed by atoms with Gasteiger partial charge in [0.15, 0.2) is 0 Å². The van der Waals surface area contributed by atoms with Gasteiger partial charge >= 0.3 is 0 Å². The van der Waals surface area contributed by atoms with Crippen molar-refractivity contribution in [2.24, 2.45) is 5.92 Å². The lowest BCUT2D eigenvalue weighted by atomic mass is 9.98. The highest BCUT2D eigenvalue weighted by Crippen LogP contribution is 2.22. The van der Waals surface area contributed by atoms with E-state index in [1.54, 1.807) is 4.90 Å². The molecule has 2 aromatic carbocycles. The first-order chi connectivity index (χ1) is 12.8. The summed E-state index contributed by atoms with van der Waals surface area (Å²) in [5, 5.41) is 0. The number of nitrogens with zero attached hydrogens (tertiary/aromatic N) is 1. The van der Waals surface area contributed by atoms with Crippen LogP contribution in [0, 0.1) is 17.6 Å². The number of hydrogen-bond donors (Lipinski definition) is 1. The zero-order chi connectivity index (χ0) is 19.6. The van der Waals surface area contributed by atoms with Crippen molar-refractivity contribution in [2.45, 2.75) is 24.7 Å². The topological polar surface area (TPSA) is 66.5 Å². The highest BCUT2D eigenvalue weighted by Gasteiger charge is 2.22. The standard InChI is InChI=1S/C19H20F2N2O3S/c1-13-8-10-23(11-9-13)19(24)14-2-5-16(6-3-14)22-27(25,26)18-12-15(20)4-7-17(18)21/h2-7,12-13,22H,8-11H2,1H3. The van der Waals surface area contributed by atoms with Crippen molar-refractivity contribution < 1.29 is 22.0 Å². The van der Waals surface area contributed by atoms with Gasteiger partial charge in [-0.05, 0) is 61.2 Å². The SMILES string of the molecule is CC1CCN(C(=O)c2ccc(NS(=O)(=O)c3cc(F)ccc3F)cc2)CC1. The molecule has 5 nitrogen and oxygen atoms in total. The molecule has 2 aromatic rings. The van der Waals surface area contributed by atoms with E-state index in [9.17, 15) is 22.0 Å². The van der Waals surface area contributed by atoms with E-state index in [2.05, 4.69) is 11.6 Å². The van der Waals surface area contributed by atoms with Gasteiger partial charge in [-0.2, -0.15) is 0 Å². The van der Waals surface area contributed by atoms with Crippen LogP contribution in [0.4, 0.5) is 14.5 Å². The Hall–Kier alpha value is -2.48. The van der Waals surface area contributed by atoms with E-state index >= 15 is 0 Å². The van der Waals surface area contributed by atoms with Gasteiger partial charge in [-0.1, -0.05) is 6.92 Å². The number of carbonyl (C=O) groups excluding carboxylic acids is 1. The Morgan fingerprint density at radius 3 is 2.33 bits per heavy atom. The Bertz CT molecular complexity index is 938. The summed E-state index contributed by atoms with van der Waals surface area (Å²) in [6.07, 6.45) is 1.92. The van der Waals surface area contributed by atoms with E-state index < -0.39 is 26.6 Å².